The summed E-state index contributed by atoms with van der Waals surface area (Å²) in [5.41, 5.74) is 10.1. The van der Waals surface area contributed by atoms with Crippen molar-refractivity contribution in [3.63, 3.8) is 0 Å². The normalized spacial score (nSPS) is 13.5. The largest absolute Gasteiger partial charge is 0.361 e. The minimum atomic E-state index is -0.732. The summed E-state index contributed by atoms with van der Waals surface area (Å²) in [4.78, 5) is 30.5. The van der Waals surface area contributed by atoms with E-state index in [1.165, 1.54) is 0 Å². The summed E-state index contributed by atoms with van der Waals surface area (Å²) >= 11 is 0. The van der Waals surface area contributed by atoms with Gasteiger partial charge in [-0.3, -0.25) is 4.79 Å². The van der Waals surface area contributed by atoms with E-state index in [9.17, 15) is 9.59 Å². The highest BCUT2D eigenvalue weighted by Gasteiger charge is 2.20. The first-order valence-corrected chi connectivity index (χ1v) is 9.27. The fraction of sp³-hybridized carbons (Fsp3) is 0.182. The lowest BCUT2D eigenvalue weighted by atomic mass is 10.0. The van der Waals surface area contributed by atoms with Crippen molar-refractivity contribution in [2.75, 3.05) is 0 Å². The zero-order chi connectivity index (χ0) is 19.5. The van der Waals surface area contributed by atoms with Gasteiger partial charge in [0, 0.05) is 40.6 Å². The second-order valence-electron chi connectivity index (χ2n) is 6.98. The molecule has 4 rings (SSSR count). The third-order valence-electron chi connectivity index (χ3n) is 5.06. The maximum Gasteiger partial charge on any atom is 0.237 e. The second-order valence-corrected chi connectivity index (χ2v) is 6.98. The molecule has 0 unspecified atom stereocenters. The van der Waals surface area contributed by atoms with Crippen molar-refractivity contribution >= 4 is 34.0 Å². The van der Waals surface area contributed by atoms with Crippen molar-refractivity contribution in [2.45, 2.75) is 24.9 Å². The van der Waals surface area contributed by atoms with Gasteiger partial charge in [-0.15, -0.1) is 0 Å². The average Bonchev–Trinajstić information content (AvgIpc) is 3.32. The lowest BCUT2D eigenvalue weighted by molar-refractivity contribution is -0.125. The average molecular weight is 374 g/mol. The molecule has 0 bridgehead atoms. The van der Waals surface area contributed by atoms with Gasteiger partial charge in [-0.1, -0.05) is 36.4 Å². The fourth-order valence-corrected chi connectivity index (χ4v) is 3.59. The van der Waals surface area contributed by atoms with Crippen LogP contribution in [0.2, 0.25) is 0 Å². The Morgan fingerprint density at radius 1 is 0.929 bits per heavy atom. The highest BCUT2D eigenvalue weighted by molar-refractivity contribution is 5.88. The topological polar surface area (TPSA) is 104 Å². The van der Waals surface area contributed by atoms with Crippen LogP contribution < -0.4 is 11.1 Å². The molecule has 0 aliphatic carbocycles. The molecule has 4 aromatic rings. The maximum atomic E-state index is 12.6. The number of hydrogen-bond acceptors (Lipinski definition) is 3. The van der Waals surface area contributed by atoms with Gasteiger partial charge in [0.2, 0.25) is 5.91 Å². The van der Waals surface area contributed by atoms with Crippen molar-refractivity contribution in [2.24, 2.45) is 5.73 Å². The van der Waals surface area contributed by atoms with Crippen LogP contribution >= 0.6 is 0 Å². The molecule has 0 saturated carbocycles. The van der Waals surface area contributed by atoms with Gasteiger partial charge in [0.15, 0.2) is 0 Å². The molecule has 6 nitrogen and oxygen atoms in total. The van der Waals surface area contributed by atoms with Crippen LogP contribution in [0.4, 0.5) is 0 Å². The third kappa shape index (κ3) is 3.54. The van der Waals surface area contributed by atoms with Crippen LogP contribution in [0.15, 0.2) is 60.9 Å². The van der Waals surface area contributed by atoms with Gasteiger partial charge in [-0.25, -0.2) is 0 Å². The molecule has 5 N–H and O–H groups in total. The molecule has 0 saturated heterocycles. The van der Waals surface area contributed by atoms with Crippen molar-refractivity contribution in [1.82, 2.24) is 15.3 Å². The number of nitrogens with two attached hydrogens (primary N) is 1. The second kappa shape index (κ2) is 7.70. The van der Waals surface area contributed by atoms with Crippen LogP contribution in [0.1, 0.15) is 11.1 Å². The van der Waals surface area contributed by atoms with Gasteiger partial charge in [0.05, 0.1) is 12.1 Å². The molecule has 2 aromatic carbocycles. The van der Waals surface area contributed by atoms with Crippen molar-refractivity contribution < 1.29 is 9.59 Å². The first-order valence-electron chi connectivity index (χ1n) is 9.27. The van der Waals surface area contributed by atoms with Gasteiger partial charge in [0.1, 0.15) is 6.29 Å². The van der Waals surface area contributed by atoms with E-state index < -0.39 is 12.1 Å². The number of rotatable bonds is 7. The van der Waals surface area contributed by atoms with E-state index >= 15 is 0 Å². The smallest absolute Gasteiger partial charge is 0.237 e. The van der Waals surface area contributed by atoms with Crippen LogP contribution in [0.5, 0.6) is 0 Å². The highest BCUT2D eigenvalue weighted by Crippen LogP contribution is 2.20. The summed E-state index contributed by atoms with van der Waals surface area (Å²) in [6, 6.07) is 14.4. The molecule has 0 radical (unpaired) electrons. The van der Waals surface area contributed by atoms with E-state index in [2.05, 4.69) is 15.3 Å². The standard InChI is InChI=1S/C22H22N4O2/c23-19(10-15-12-25-21-8-4-2-6-18(15)21)22(28)26-16(13-27)9-14-11-24-20-7-3-1-5-17(14)20/h1-8,11-13,16,19,24-25H,9-10,23H2,(H,26,28)/t16-,19-/m0/s1. The Bertz CT molecular complexity index is 1130. The van der Waals surface area contributed by atoms with E-state index in [0.717, 1.165) is 39.2 Å². The minimum absolute atomic E-state index is 0.331. The van der Waals surface area contributed by atoms with Crippen molar-refractivity contribution in [3.05, 3.63) is 72.1 Å². The number of benzene rings is 2. The Balaban J connectivity index is 1.43. The van der Waals surface area contributed by atoms with Crippen LogP contribution in [0.3, 0.4) is 0 Å². The fourth-order valence-electron chi connectivity index (χ4n) is 3.59. The molecule has 1 amide bonds. The van der Waals surface area contributed by atoms with Gasteiger partial charge in [0.25, 0.3) is 0 Å². The molecular weight excluding hydrogens is 352 g/mol. The SMILES string of the molecule is N[C@@H](Cc1c[nH]c2ccccc12)C(=O)N[C@H](C=O)Cc1c[nH]c2ccccc12. The van der Waals surface area contributed by atoms with Crippen molar-refractivity contribution in [3.8, 4) is 0 Å². The summed E-state index contributed by atoms with van der Waals surface area (Å²) < 4.78 is 0. The quantitative estimate of drug-likeness (QED) is 0.374. The van der Waals surface area contributed by atoms with E-state index in [-0.39, 0.29) is 5.91 Å². The van der Waals surface area contributed by atoms with Gasteiger partial charge >= 0.3 is 0 Å². The Labute approximate surface area is 162 Å². The number of para-hydroxylation sites is 2. The summed E-state index contributed by atoms with van der Waals surface area (Å²) in [5, 5.41) is 4.87. The predicted molar refractivity (Wildman–Crippen MR) is 110 cm³/mol. The molecule has 2 heterocycles. The number of aldehydes is 1. The van der Waals surface area contributed by atoms with E-state index in [1.807, 2.05) is 60.9 Å². The third-order valence-corrected chi connectivity index (χ3v) is 5.06. The number of hydrogen-bond donors (Lipinski definition) is 4. The number of fused-ring (bicyclic) bond motifs is 2. The monoisotopic (exact) mass is 374 g/mol. The lowest BCUT2D eigenvalue weighted by Gasteiger charge is -2.16. The Hall–Kier alpha value is -3.38. The molecule has 2 aromatic heterocycles. The molecule has 142 valence electrons. The Kier molecular flexibility index (Phi) is 4.95. The van der Waals surface area contributed by atoms with Gasteiger partial charge < -0.3 is 25.8 Å². The van der Waals surface area contributed by atoms with Crippen LogP contribution in [-0.4, -0.2) is 34.2 Å². The molecule has 6 heteroatoms. The predicted octanol–water partition coefficient (Wildman–Crippen LogP) is 2.45. The summed E-state index contributed by atoms with van der Waals surface area (Å²) in [6.07, 6.45) is 5.33. The van der Waals surface area contributed by atoms with Crippen LogP contribution in [0.25, 0.3) is 21.8 Å². The Morgan fingerprint density at radius 2 is 1.46 bits per heavy atom. The number of carbonyl (C=O) groups excluding carboxylic acids is 2. The van der Waals surface area contributed by atoms with Crippen LogP contribution in [-0.2, 0) is 22.4 Å². The molecule has 0 aliphatic heterocycles. The molecule has 28 heavy (non-hydrogen) atoms. The molecule has 2 atom stereocenters. The molecule has 0 aliphatic rings. The molecular formula is C22H22N4O2. The van der Waals surface area contributed by atoms with Crippen molar-refractivity contribution in [1.29, 1.82) is 0 Å². The maximum absolute atomic E-state index is 12.6. The zero-order valence-corrected chi connectivity index (χ0v) is 15.3. The zero-order valence-electron chi connectivity index (χ0n) is 15.3. The minimum Gasteiger partial charge on any atom is -0.361 e. The van der Waals surface area contributed by atoms with E-state index in [4.69, 9.17) is 5.73 Å². The summed E-state index contributed by atoms with van der Waals surface area (Å²) in [6.45, 7) is 0. The molecule has 0 spiro atoms. The first-order chi connectivity index (χ1) is 13.7. The number of H-pyrrole nitrogens is 2. The van der Waals surface area contributed by atoms with E-state index in [0.29, 0.717) is 12.8 Å². The number of carbonyl (C=O) groups is 2. The number of amides is 1. The van der Waals surface area contributed by atoms with Crippen LogP contribution in [0, 0.1) is 0 Å². The summed E-state index contributed by atoms with van der Waals surface area (Å²) in [7, 11) is 0. The lowest BCUT2D eigenvalue weighted by Crippen LogP contribution is -2.47. The van der Waals surface area contributed by atoms with E-state index in [1.54, 1.807) is 0 Å². The number of aromatic nitrogens is 2. The highest BCUT2D eigenvalue weighted by atomic mass is 16.2. The number of aromatic amines is 2. The first kappa shape index (κ1) is 18.0. The van der Waals surface area contributed by atoms with Gasteiger partial charge in [-0.05, 0) is 29.7 Å². The molecule has 0 fully saturated rings. The Morgan fingerprint density at radius 3 is 2.04 bits per heavy atom. The number of nitrogens with one attached hydrogen (secondary N) is 3. The van der Waals surface area contributed by atoms with Gasteiger partial charge in [-0.2, -0.15) is 0 Å². The summed E-state index contributed by atoms with van der Waals surface area (Å²) in [5.74, 6) is -0.331.